The number of aliphatic hydroxyl groups is 1. The Kier molecular flexibility index (Phi) is 3.00. The summed E-state index contributed by atoms with van der Waals surface area (Å²) in [5.41, 5.74) is 0.541. The lowest BCUT2D eigenvalue weighted by atomic mass is 10.1. The molecule has 0 saturated heterocycles. The Hall–Kier alpha value is -1.23. The minimum absolute atomic E-state index is 0.243. The zero-order chi connectivity index (χ0) is 10.8. The molecular weight excluding hydrogens is 197 g/mol. The minimum Gasteiger partial charge on any atom is -0.406 e. The topological polar surface area (TPSA) is 29.5 Å². The maximum absolute atomic E-state index is 11.9. The number of halogens is 3. The third kappa shape index (κ3) is 2.63. The molecule has 0 unspecified atom stereocenters. The highest BCUT2D eigenvalue weighted by atomic mass is 19.4. The normalized spacial score (nSPS) is 11.5. The van der Waals surface area contributed by atoms with Crippen molar-refractivity contribution < 1.29 is 23.0 Å². The Morgan fingerprint density at radius 3 is 2.50 bits per heavy atom. The van der Waals surface area contributed by atoms with Gasteiger partial charge in [-0.2, -0.15) is 0 Å². The van der Waals surface area contributed by atoms with E-state index in [1.165, 1.54) is 25.1 Å². The molecule has 0 saturated carbocycles. The number of benzene rings is 1. The van der Waals surface area contributed by atoms with Crippen LogP contribution in [0.25, 0.3) is 0 Å². The number of aliphatic hydroxyl groups excluding tert-OH is 1. The maximum atomic E-state index is 11.9. The summed E-state index contributed by atoms with van der Waals surface area (Å²) in [5.74, 6) is -0.305. The van der Waals surface area contributed by atoms with Crippen molar-refractivity contribution >= 4 is 0 Å². The molecule has 0 aliphatic heterocycles. The highest BCUT2D eigenvalue weighted by Crippen LogP contribution is 2.27. The summed E-state index contributed by atoms with van der Waals surface area (Å²) in [4.78, 5) is 0. The predicted molar refractivity (Wildman–Crippen MR) is 43.2 cm³/mol. The molecule has 5 heteroatoms. The van der Waals surface area contributed by atoms with E-state index < -0.39 is 6.36 Å². The number of hydrogen-bond donors (Lipinski definition) is 1. The lowest BCUT2D eigenvalue weighted by Crippen LogP contribution is -2.18. The number of rotatable bonds is 2. The molecular formula is C9H8F3O2. The van der Waals surface area contributed by atoms with Crippen LogP contribution in [0.2, 0.25) is 0 Å². The van der Waals surface area contributed by atoms with Gasteiger partial charge in [-0.1, -0.05) is 12.1 Å². The summed E-state index contributed by atoms with van der Waals surface area (Å²) in [6.45, 7) is 2.17. The summed E-state index contributed by atoms with van der Waals surface area (Å²) in [7, 11) is 0. The molecule has 0 aliphatic carbocycles. The Morgan fingerprint density at radius 2 is 2.00 bits per heavy atom. The van der Waals surface area contributed by atoms with Gasteiger partial charge < -0.3 is 9.84 Å². The molecule has 77 valence electrons. The Labute approximate surface area is 78.9 Å². The molecule has 0 bridgehead atoms. The van der Waals surface area contributed by atoms with Crippen LogP contribution < -0.4 is 4.74 Å². The first-order valence-electron chi connectivity index (χ1n) is 3.77. The molecule has 0 amide bonds. The van der Waals surface area contributed by atoms with Gasteiger partial charge in [0.1, 0.15) is 12.4 Å². The van der Waals surface area contributed by atoms with Crippen molar-refractivity contribution in [2.45, 2.75) is 13.3 Å². The summed E-state index contributed by atoms with van der Waals surface area (Å²) in [6, 6.07) is 4.05. The molecule has 0 aliphatic rings. The minimum atomic E-state index is -4.71. The van der Waals surface area contributed by atoms with Gasteiger partial charge in [0.2, 0.25) is 0 Å². The second-order valence-corrected chi connectivity index (χ2v) is 2.65. The van der Waals surface area contributed by atoms with E-state index in [1.807, 2.05) is 0 Å². The first-order valence-corrected chi connectivity index (χ1v) is 3.77. The molecule has 1 rings (SSSR count). The van der Waals surface area contributed by atoms with Crippen molar-refractivity contribution in [1.29, 1.82) is 0 Å². The van der Waals surface area contributed by atoms with Gasteiger partial charge in [-0.3, -0.25) is 0 Å². The molecule has 0 spiro atoms. The van der Waals surface area contributed by atoms with Gasteiger partial charge in [0, 0.05) is 0 Å². The van der Waals surface area contributed by atoms with E-state index in [4.69, 9.17) is 5.11 Å². The van der Waals surface area contributed by atoms with Crippen LogP contribution in [0.15, 0.2) is 18.2 Å². The van der Waals surface area contributed by atoms with E-state index in [1.54, 1.807) is 0 Å². The van der Waals surface area contributed by atoms with Crippen LogP contribution >= 0.6 is 0 Å². The van der Waals surface area contributed by atoms with Crippen molar-refractivity contribution in [3.8, 4) is 5.75 Å². The van der Waals surface area contributed by atoms with Crippen LogP contribution in [0, 0.1) is 13.5 Å². The predicted octanol–water partition coefficient (Wildman–Crippen LogP) is 2.78. The Morgan fingerprint density at radius 1 is 1.36 bits per heavy atom. The molecule has 0 heterocycles. The van der Waals surface area contributed by atoms with Crippen LogP contribution in [0.5, 0.6) is 5.75 Å². The number of ether oxygens (including phenoxy) is 1. The lowest BCUT2D eigenvalue weighted by Gasteiger charge is -2.12. The van der Waals surface area contributed by atoms with E-state index in [-0.39, 0.29) is 11.3 Å². The smallest absolute Gasteiger partial charge is 0.406 e. The molecule has 1 radical (unpaired) electrons. The van der Waals surface area contributed by atoms with Crippen LogP contribution in [0.1, 0.15) is 11.1 Å². The highest BCUT2D eigenvalue weighted by molar-refractivity contribution is 5.41. The van der Waals surface area contributed by atoms with Crippen molar-refractivity contribution in [3.63, 3.8) is 0 Å². The van der Waals surface area contributed by atoms with Crippen molar-refractivity contribution in [2.75, 3.05) is 0 Å². The van der Waals surface area contributed by atoms with Crippen molar-refractivity contribution in [3.05, 3.63) is 35.9 Å². The van der Waals surface area contributed by atoms with Crippen LogP contribution in [0.4, 0.5) is 13.2 Å². The van der Waals surface area contributed by atoms with Gasteiger partial charge in [0.25, 0.3) is 0 Å². The largest absolute Gasteiger partial charge is 0.573 e. The molecule has 1 aromatic rings. The highest BCUT2D eigenvalue weighted by Gasteiger charge is 2.31. The summed E-state index contributed by atoms with van der Waals surface area (Å²) < 4.78 is 39.3. The third-order valence-electron chi connectivity index (χ3n) is 1.69. The van der Waals surface area contributed by atoms with Gasteiger partial charge in [-0.15, -0.1) is 13.2 Å². The zero-order valence-corrected chi connectivity index (χ0v) is 7.30. The van der Waals surface area contributed by atoms with Gasteiger partial charge in [0.05, 0.1) is 0 Å². The van der Waals surface area contributed by atoms with Gasteiger partial charge in [0.15, 0.2) is 0 Å². The van der Waals surface area contributed by atoms with E-state index in [9.17, 15) is 13.2 Å². The second kappa shape index (κ2) is 3.88. The molecule has 1 N–H and O–H groups in total. The molecule has 0 fully saturated rings. The fourth-order valence-corrected chi connectivity index (χ4v) is 1.01. The third-order valence-corrected chi connectivity index (χ3v) is 1.69. The van der Waals surface area contributed by atoms with E-state index in [2.05, 4.69) is 4.74 Å². The number of hydrogen-bond acceptors (Lipinski definition) is 2. The fraction of sp³-hybridized carbons (Fsp3) is 0.222. The van der Waals surface area contributed by atoms with Crippen LogP contribution in [-0.4, -0.2) is 11.5 Å². The van der Waals surface area contributed by atoms with E-state index in [0.717, 1.165) is 6.61 Å². The standard InChI is InChI=1S/C9H8F3O2/c1-6-7(5-13)3-2-4-8(6)14-9(10,11)12/h2-5,13H,1H3. The number of alkyl halides is 3. The average Bonchev–Trinajstić information content (AvgIpc) is 2.06. The zero-order valence-electron chi connectivity index (χ0n) is 7.30. The van der Waals surface area contributed by atoms with Gasteiger partial charge in [-0.25, -0.2) is 0 Å². The Balaban J connectivity index is 2.98. The quantitative estimate of drug-likeness (QED) is 0.804. The molecule has 1 aromatic carbocycles. The fourth-order valence-electron chi connectivity index (χ4n) is 1.01. The SMILES string of the molecule is Cc1c([CH]O)cccc1OC(F)(F)F. The van der Waals surface area contributed by atoms with Crippen molar-refractivity contribution in [1.82, 2.24) is 0 Å². The lowest BCUT2D eigenvalue weighted by molar-refractivity contribution is -0.274. The summed E-state index contributed by atoms with van der Waals surface area (Å²) >= 11 is 0. The first kappa shape index (κ1) is 10.8. The van der Waals surface area contributed by atoms with E-state index in [0.29, 0.717) is 5.56 Å². The molecule has 0 atom stereocenters. The van der Waals surface area contributed by atoms with Crippen LogP contribution in [-0.2, 0) is 0 Å². The first-order chi connectivity index (χ1) is 6.44. The molecule has 14 heavy (non-hydrogen) atoms. The maximum Gasteiger partial charge on any atom is 0.573 e. The molecule has 0 aromatic heterocycles. The van der Waals surface area contributed by atoms with Crippen molar-refractivity contribution in [2.24, 2.45) is 0 Å². The van der Waals surface area contributed by atoms with Gasteiger partial charge >= 0.3 is 6.36 Å². The second-order valence-electron chi connectivity index (χ2n) is 2.65. The Bertz CT molecular complexity index is 320. The van der Waals surface area contributed by atoms with Crippen LogP contribution in [0.3, 0.4) is 0 Å². The molecule has 2 nitrogen and oxygen atoms in total. The summed E-state index contributed by atoms with van der Waals surface area (Å²) in [6.07, 6.45) is -4.71. The van der Waals surface area contributed by atoms with E-state index >= 15 is 0 Å². The monoisotopic (exact) mass is 205 g/mol. The summed E-state index contributed by atoms with van der Waals surface area (Å²) in [5, 5.41) is 8.68. The average molecular weight is 205 g/mol. The van der Waals surface area contributed by atoms with Gasteiger partial charge in [-0.05, 0) is 24.1 Å².